The van der Waals surface area contributed by atoms with E-state index in [0.29, 0.717) is 23.0 Å². The third-order valence-electron chi connectivity index (χ3n) is 4.09. The average Bonchev–Trinajstić information content (AvgIpc) is 3.16. The fourth-order valence-corrected chi connectivity index (χ4v) is 2.87. The zero-order valence-electron chi connectivity index (χ0n) is 13.6. The number of halogens is 2. The number of rotatable bonds is 3. The third-order valence-corrected chi connectivity index (χ3v) is 4.32. The maximum absolute atomic E-state index is 13.4. The lowest BCUT2D eigenvalue weighted by Crippen LogP contribution is -2.09. The smallest absolute Gasteiger partial charge is 0.204 e. The standard InChI is InChI=1S/C17H14ClFN6/c1-10-7-11(3-5-13(10)19)17-21-23-25(22-17)9-16-20-14-8-12(18)4-6-15(14)24(16)2/h3-8H,9H2,1-2H3. The van der Waals surface area contributed by atoms with Gasteiger partial charge in [0.15, 0.2) is 0 Å². The van der Waals surface area contributed by atoms with Crippen molar-refractivity contribution in [2.45, 2.75) is 13.5 Å². The Balaban J connectivity index is 1.65. The molecule has 2 aromatic carbocycles. The van der Waals surface area contributed by atoms with Gasteiger partial charge in [0.05, 0.1) is 11.0 Å². The number of hydrogen-bond donors (Lipinski definition) is 0. The molecule has 126 valence electrons. The molecule has 0 radical (unpaired) electrons. The molecule has 0 N–H and O–H groups in total. The Morgan fingerprint density at radius 2 is 2.00 bits per heavy atom. The van der Waals surface area contributed by atoms with Crippen LogP contribution in [0.4, 0.5) is 4.39 Å². The van der Waals surface area contributed by atoms with Crippen molar-refractivity contribution in [1.82, 2.24) is 29.8 Å². The molecule has 0 saturated heterocycles. The van der Waals surface area contributed by atoms with Gasteiger partial charge in [-0.25, -0.2) is 9.37 Å². The minimum atomic E-state index is -0.255. The van der Waals surface area contributed by atoms with Crippen molar-refractivity contribution in [2.24, 2.45) is 7.05 Å². The number of aromatic nitrogens is 6. The number of hydrogen-bond acceptors (Lipinski definition) is 4. The van der Waals surface area contributed by atoms with Gasteiger partial charge < -0.3 is 4.57 Å². The Hall–Kier alpha value is -2.80. The number of fused-ring (bicyclic) bond motifs is 1. The number of tetrazole rings is 1. The molecule has 0 bridgehead atoms. The largest absolute Gasteiger partial charge is 0.329 e. The first-order valence-corrected chi connectivity index (χ1v) is 8.04. The molecule has 4 aromatic rings. The average molecular weight is 357 g/mol. The highest BCUT2D eigenvalue weighted by atomic mass is 35.5. The van der Waals surface area contributed by atoms with E-state index in [2.05, 4.69) is 20.4 Å². The van der Waals surface area contributed by atoms with Crippen LogP contribution >= 0.6 is 11.6 Å². The fraction of sp³-hybridized carbons (Fsp3) is 0.176. The van der Waals surface area contributed by atoms with E-state index in [1.807, 2.05) is 29.8 Å². The molecule has 4 rings (SSSR count). The molecule has 8 heteroatoms. The second kappa shape index (κ2) is 5.93. The lowest BCUT2D eigenvalue weighted by Gasteiger charge is -2.01. The highest BCUT2D eigenvalue weighted by Crippen LogP contribution is 2.20. The first-order chi connectivity index (χ1) is 12.0. The van der Waals surface area contributed by atoms with Crippen LogP contribution < -0.4 is 0 Å². The van der Waals surface area contributed by atoms with Crippen molar-refractivity contribution < 1.29 is 4.39 Å². The molecule has 2 heterocycles. The molecule has 0 amide bonds. The molecule has 0 fully saturated rings. The van der Waals surface area contributed by atoms with E-state index in [4.69, 9.17) is 11.6 Å². The summed E-state index contributed by atoms with van der Waals surface area (Å²) in [5.74, 6) is 0.982. The number of imidazole rings is 1. The van der Waals surface area contributed by atoms with Gasteiger partial charge in [-0.1, -0.05) is 11.6 Å². The minimum Gasteiger partial charge on any atom is -0.329 e. The minimum absolute atomic E-state index is 0.255. The Morgan fingerprint density at radius 3 is 2.80 bits per heavy atom. The van der Waals surface area contributed by atoms with Crippen molar-refractivity contribution in [3.63, 3.8) is 0 Å². The summed E-state index contributed by atoms with van der Waals surface area (Å²) < 4.78 is 15.4. The fourth-order valence-electron chi connectivity index (χ4n) is 2.70. The lowest BCUT2D eigenvalue weighted by atomic mass is 10.1. The Bertz CT molecular complexity index is 1080. The molecule has 6 nitrogen and oxygen atoms in total. The van der Waals surface area contributed by atoms with E-state index in [0.717, 1.165) is 22.4 Å². The van der Waals surface area contributed by atoms with Crippen LogP contribution in [0, 0.1) is 12.7 Å². The summed E-state index contributed by atoms with van der Waals surface area (Å²) in [7, 11) is 1.93. The maximum atomic E-state index is 13.4. The Morgan fingerprint density at radius 1 is 1.16 bits per heavy atom. The maximum Gasteiger partial charge on any atom is 0.204 e. The van der Waals surface area contributed by atoms with E-state index in [1.165, 1.54) is 10.9 Å². The predicted octanol–water partition coefficient (Wildman–Crippen LogP) is 3.38. The van der Waals surface area contributed by atoms with Crippen LogP contribution in [0.25, 0.3) is 22.4 Å². The van der Waals surface area contributed by atoms with Crippen molar-refractivity contribution in [3.8, 4) is 11.4 Å². The Labute approximate surface area is 147 Å². The van der Waals surface area contributed by atoms with Gasteiger partial charge in [-0.05, 0) is 54.1 Å². The first kappa shape index (κ1) is 15.7. The van der Waals surface area contributed by atoms with Gasteiger partial charge in [-0.2, -0.15) is 4.80 Å². The zero-order chi connectivity index (χ0) is 17.6. The van der Waals surface area contributed by atoms with Gasteiger partial charge in [-0.15, -0.1) is 10.2 Å². The summed E-state index contributed by atoms with van der Waals surface area (Å²) in [6, 6.07) is 10.3. The highest BCUT2D eigenvalue weighted by Gasteiger charge is 2.12. The number of aryl methyl sites for hydroxylation is 2. The predicted molar refractivity (Wildman–Crippen MR) is 92.8 cm³/mol. The van der Waals surface area contributed by atoms with Crippen molar-refractivity contribution in [3.05, 3.63) is 58.6 Å². The molecular formula is C17H14ClFN6. The van der Waals surface area contributed by atoms with E-state index >= 15 is 0 Å². The van der Waals surface area contributed by atoms with Gasteiger partial charge in [0.1, 0.15) is 18.2 Å². The van der Waals surface area contributed by atoms with E-state index in [1.54, 1.807) is 19.1 Å². The van der Waals surface area contributed by atoms with Crippen LogP contribution in [0.15, 0.2) is 36.4 Å². The van der Waals surface area contributed by atoms with Crippen molar-refractivity contribution in [1.29, 1.82) is 0 Å². The van der Waals surface area contributed by atoms with E-state index in [9.17, 15) is 4.39 Å². The van der Waals surface area contributed by atoms with Gasteiger partial charge in [0, 0.05) is 17.6 Å². The van der Waals surface area contributed by atoms with Crippen LogP contribution in [0.2, 0.25) is 5.02 Å². The number of nitrogens with zero attached hydrogens (tertiary/aromatic N) is 6. The van der Waals surface area contributed by atoms with Gasteiger partial charge in [-0.3, -0.25) is 0 Å². The van der Waals surface area contributed by atoms with Crippen LogP contribution in [0.1, 0.15) is 11.4 Å². The molecule has 0 aliphatic rings. The van der Waals surface area contributed by atoms with Gasteiger partial charge in [0.2, 0.25) is 5.82 Å². The molecule has 0 atom stereocenters. The van der Waals surface area contributed by atoms with Crippen LogP contribution in [0.3, 0.4) is 0 Å². The van der Waals surface area contributed by atoms with Crippen LogP contribution in [-0.4, -0.2) is 29.8 Å². The van der Waals surface area contributed by atoms with E-state index < -0.39 is 0 Å². The summed E-state index contributed by atoms with van der Waals surface area (Å²) in [5.41, 5.74) is 3.07. The normalized spacial score (nSPS) is 11.4. The van der Waals surface area contributed by atoms with Gasteiger partial charge in [0.25, 0.3) is 0 Å². The Kier molecular flexibility index (Phi) is 3.73. The van der Waals surface area contributed by atoms with Crippen molar-refractivity contribution >= 4 is 22.6 Å². The number of benzene rings is 2. The quantitative estimate of drug-likeness (QED) is 0.564. The monoisotopic (exact) mass is 356 g/mol. The first-order valence-electron chi connectivity index (χ1n) is 7.66. The van der Waals surface area contributed by atoms with Crippen molar-refractivity contribution in [2.75, 3.05) is 0 Å². The van der Waals surface area contributed by atoms with Crippen LogP contribution in [-0.2, 0) is 13.6 Å². The zero-order valence-corrected chi connectivity index (χ0v) is 14.4. The molecule has 25 heavy (non-hydrogen) atoms. The molecule has 0 aliphatic heterocycles. The highest BCUT2D eigenvalue weighted by molar-refractivity contribution is 6.31. The van der Waals surface area contributed by atoms with E-state index in [-0.39, 0.29) is 5.82 Å². The lowest BCUT2D eigenvalue weighted by molar-refractivity contribution is 0.545. The molecule has 0 aliphatic carbocycles. The second-order valence-electron chi connectivity index (χ2n) is 5.83. The summed E-state index contributed by atoms with van der Waals surface area (Å²) in [6.45, 7) is 2.07. The summed E-state index contributed by atoms with van der Waals surface area (Å²) in [6.07, 6.45) is 0. The molecular weight excluding hydrogens is 343 g/mol. The summed E-state index contributed by atoms with van der Waals surface area (Å²) in [5, 5.41) is 13.1. The van der Waals surface area contributed by atoms with Crippen LogP contribution in [0.5, 0.6) is 0 Å². The third kappa shape index (κ3) is 2.87. The molecule has 0 spiro atoms. The second-order valence-corrected chi connectivity index (χ2v) is 6.26. The topological polar surface area (TPSA) is 61.4 Å². The summed E-state index contributed by atoms with van der Waals surface area (Å²) >= 11 is 6.02. The molecule has 0 unspecified atom stereocenters. The van der Waals surface area contributed by atoms with Gasteiger partial charge >= 0.3 is 0 Å². The SMILES string of the molecule is Cc1cc(-c2nnn(Cc3nc4cc(Cl)ccc4n3C)n2)ccc1F. The summed E-state index contributed by atoms with van der Waals surface area (Å²) in [4.78, 5) is 6.05. The molecule has 2 aromatic heterocycles. The molecule has 0 saturated carbocycles.